The summed E-state index contributed by atoms with van der Waals surface area (Å²) in [6.07, 6.45) is 4.75. The molecular formula is C18H26N8O2. The number of aryl methyl sites for hydroxylation is 1. The molecule has 0 radical (unpaired) electrons. The van der Waals surface area contributed by atoms with Crippen LogP contribution in [0.1, 0.15) is 18.9 Å². The molecule has 3 N–H and O–H groups in total. The first-order valence-corrected chi connectivity index (χ1v) is 9.70. The van der Waals surface area contributed by atoms with Crippen LogP contribution in [0.25, 0.3) is 22.6 Å². The van der Waals surface area contributed by atoms with Gasteiger partial charge < -0.3 is 20.4 Å². The number of nitrogens with two attached hydrogens (primary N) is 1. The van der Waals surface area contributed by atoms with Crippen molar-refractivity contribution < 1.29 is 9.37 Å². The molecule has 1 aliphatic rings. The summed E-state index contributed by atoms with van der Waals surface area (Å²) in [5.74, 6) is 0.888. The molecule has 4 heterocycles. The maximum atomic E-state index is 5.87. The van der Waals surface area contributed by atoms with Crippen molar-refractivity contribution in [2.75, 3.05) is 45.1 Å². The van der Waals surface area contributed by atoms with E-state index in [0.29, 0.717) is 11.5 Å². The second kappa shape index (κ2) is 8.63. The van der Waals surface area contributed by atoms with Crippen LogP contribution in [0.15, 0.2) is 17.0 Å². The Balaban J connectivity index is 1.45. The highest BCUT2D eigenvalue weighted by atomic mass is 16.6. The van der Waals surface area contributed by atoms with Crippen molar-refractivity contribution in [2.45, 2.75) is 26.4 Å². The zero-order chi connectivity index (χ0) is 19.3. The SMILES string of the molecule is CCn1c(-c2nonc2N)nc2cncc(CNCCCN3CCOCC3)c21. The average molecular weight is 386 g/mol. The van der Waals surface area contributed by atoms with Crippen LogP contribution in [0.4, 0.5) is 5.82 Å². The lowest BCUT2D eigenvalue weighted by atomic mass is 10.2. The van der Waals surface area contributed by atoms with Crippen molar-refractivity contribution in [3.8, 4) is 11.5 Å². The molecule has 0 saturated carbocycles. The van der Waals surface area contributed by atoms with Gasteiger partial charge in [-0.3, -0.25) is 9.88 Å². The number of fused-ring (bicyclic) bond motifs is 1. The Morgan fingerprint density at radius 2 is 2.07 bits per heavy atom. The first-order valence-electron chi connectivity index (χ1n) is 9.70. The number of nitrogen functional groups attached to an aromatic ring is 1. The van der Waals surface area contributed by atoms with Crippen LogP contribution in [0, 0.1) is 0 Å². The molecule has 150 valence electrons. The number of aromatic nitrogens is 5. The van der Waals surface area contributed by atoms with E-state index in [0.717, 1.165) is 75.5 Å². The molecule has 0 aromatic carbocycles. The number of morpholine rings is 1. The third kappa shape index (κ3) is 3.84. The Labute approximate surface area is 163 Å². The molecule has 0 atom stereocenters. The van der Waals surface area contributed by atoms with Crippen LogP contribution in [0.2, 0.25) is 0 Å². The largest absolute Gasteiger partial charge is 0.379 e. The van der Waals surface area contributed by atoms with Gasteiger partial charge in [-0.15, -0.1) is 0 Å². The standard InChI is InChI=1S/C18H26N8O2/c1-2-26-16-13(10-20-4-3-5-25-6-8-27-9-7-25)11-21-12-14(16)22-18(26)15-17(19)24-28-23-15/h11-12,20H,2-10H2,1H3,(H2,19,24). The predicted octanol–water partition coefficient (Wildman–Crippen LogP) is 0.895. The lowest BCUT2D eigenvalue weighted by molar-refractivity contribution is 0.0374. The quantitative estimate of drug-likeness (QED) is 0.544. The topological polar surface area (TPSA) is 120 Å². The third-order valence-electron chi connectivity index (χ3n) is 5.01. The molecule has 3 aromatic rings. The number of ether oxygens (including phenoxy) is 1. The van der Waals surface area contributed by atoms with E-state index in [1.54, 1.807) is 6.20 Å². The van der Waals surface area contributed by atoms with E-state index in [9.17, 15) is 0 Å². The number of hydrogen-bond acceptors (Lipinski definition) is 9. The molecule has 10 heteroatoms. The number of rotatable bonds is 8. The first-order chi connectivity index (χ1) is 13.8. The second-order valence-electron chi connectivity index (χ2n) is 6.83. The Kier molecular flexibility index (Phi) is 5.79. The fraction of sp³-hybridized carbons (Fsp3) is 0.556. The van der Waals surface area contributed by atoms with Gasteiger partial charge in [0.05, 0.1) is 24.9 Å². The van der Waals surface area contributed by atoms with Gasteiger partial charge in [-0.1, -0.05) is 0 Å². The summed E-state index contributed by atoms with van der Waals surface area (Å²) in [7, 11) is 0. The van der Waals surface area contributed by atoms with Crippen LogP contribution in [0.3, 0.4) is 0 Å². The number of imidazole rings is 1. The Hall–Kier alpha value is -2.56. The van der Waals surface area contributed by atoms with Crippen LogP contribution < -0.4 is 11.1 Å². The minimum atomic E-state index is 0.237. The minimum Gasteiger partial charge on any atom is -0.379 e. The van der Waals surface area contributed by atoms with Gasteiger partial charge in [0.2, 0.25) is 0 Å². The second-order valence-corrected chi connectivity index (χ2v) is 6.83. The summed E-state index contributed by atoms with van der Waals surface area (Å²) in [6.45, 7) is 9.30. The summed E-state index contributed by atoms with van der Waals surface area (Å²) in [6, 6.07) is 0. The molecule has 28 heavy (non-hydrogen) atoms. The van der Waals surface area contributed by atoms with E-state index in [2.05, 4.69) is 42.0 Å². The fourth-order valence-corrected chi connectivity index (χ4v) is 3.60. The first kappa shape index (κ1) is 18.8. The molecule has 1 aliphatic heterocycles. The van der Waals surface area contributed by atoms with E-state index in [4.69, 9.17) is 15.1 Å². The summed E-state index contributed by atoms with van der Waals surface area (Å²) in [4.78, 5) is 11.5. The summed E-state index contributed by atoms with van der Waals surface area (Å²) in [5, 5.41) is 11.1. The van der Waals surface area contributed by atoms with E-state index in [-0.39, 0.29) is 5.82 Å². The summed E-state index contributed by atoms with van der Waals surface area (Å²) in [5.41, 5.74) is 9.28. The monoisotopic (exact) mass is 386 g/mol. The van der Waals surface area contributed by atoms with Crippen molar-refractivity contribution in [2.24, 2.45) is 0 Å². The molecule has 3 aromatic heterocycles. The van der Waals surface area contributed by atoms with E-state index in [1.807, 2.05) is 6.20 Å². The molecule has 1 saturated heterocycles. The number of nitrogens with one attached hydrogen (secondary N) is 1. The zero-order valence-corrected chi connectivity index (χ0v) is 16.1. The average Bonchev–Trinajstić information content (AvgIpc) is 3.31. The maximum Gasteiger partial charge on any atom is 0.199 e. The van der Waals surface area contributed by atoms with Gasteiger partial charge in [0.25, 0.3) is 0 Å². The Bertz CT molecular complexity index is 916. The van der Waals surface area contributed by atoms with Gasteiger partial charge in [0.1, 0.15) is 5.52 Å². The summed E-state index contributed by atoms with van der Waals surface area (Å²) >= 11 is 0. The van der Waals surface area contributed by atoms with Crippen LogP contribution >= 0.6 is 0 Å². The molecule has 0 amide bonds. The van der Waals surface area contributed by atoms with E-state index < -0.39 is 0 Å². The molecule has 0 aliphatic carbocycles. The van der Waals surface area contributed by atoms with Crippen LogP contribution in [-0.2, 0) is 17.8 Å². The van der Waals surface area contributed by atoms with Crippen molar-refractivity contribution in [3.63, 3.8) is 0 Å². The highest BCUT2D eigenvalue weighted by molar-refractivity contribution is 5.83. The third-order valence-corrected chi connectivity index (χ3v) is 5.01. The predicted molar refractivity (Wildman–Crippen MR) is 104 cm³/mol. The molecule has 4 rings (SSSR count). The van der Waals surface area contributed by atoms with E-state index in [1.165, 1.54) is 0 Å². The summed E-state index contributed by atoms with van der Waals surface area (Å²) < 4.78 is 12.2. The smallest absolute Gasteiger partial charge is 0.199 e. The minimum absolute atomic E-state index is 0.237. The highest BCUT2D eigenvalue weighted by Crippen LogP contribution is 2.27. The number of hydrogen-bond donors (Lipinski definition) is 2. The van der Waals surface area contributed by atoms with Crippen molar-refractivity contribution in [3.05, 3.63) is 18.0 Å². The molecule has 10 nitrogen and oxygen atoms in total. The molecular weight excluding hydrogens is 360 g/mol. The van der Waals surface area contributed by atoms with Gasteiger partial charge in [0.15, 0.2) is 17.3 Å². The van der Waals surface area contributed by atoms with Gasteiger partial charge in [-0.2, -0.15) is 0 Å². The van der Waals surface area contributed by atoms with Crippen molar-refractivity contribution in [1.29, 1.82) is 0 Å². The fourth-order valence-electron chi connectivity index (χ4n) is 3.60. The molecule has 0 bridgehead atoms. The molecule has 1 fully saturated rings. The number of pyridine rings is 1. The van der Waals surface area contributed by atoms with Crippen LogP contribution in [-0.4, -0.2) is 69.1 Å². The van der Waals surface area contributed by atoms with Crippen molar-refractivity contribution in [1.82, 2.24) is 35.1 Å². The highest BCUT2D eigenvalue weighted by Gasteiger charge is 2.20. The molecule has 0 spiro atoms. The lowest BCUT2D eigenvalue weighted by Crippen LogP contribution is -2.37. The number of nitrogens with zero attached hydrogens (tertiary/aromatic N) is 6. The van der Waals surface area contributed by atoms with Gasteiger partial charge in [-0.05, 0) is 36.7 Å². The maximum absolute atomic E-state index is 5.87. The molecule has 0 unspecified atom stereocenters. The Morgan fingerprint density at radius 1 is 1.21 bits per heavy atom. The van der Waals surface area contributed by atoms with E-state index >= 15 is 0 Å². The van der Waals surface area contributed by atoms with Gasteiger partial charge in [0, 0.05) is 37.9 Å². The van der Waals surface area contributed by atoms with Gasteiger partial charge >= 0.3 is 0 Å². The normalized spacial score (nSPS) is 15.5. The Morgan fingerprint density at radius 3 is 2.82 bits per heavy atom. The van der Waals surface area contributed by atoms with Crippen LogP contribution in [0.5, 0.6) is 0 Å². The zero-order valence-electron chi connectivity index (χ0n) is 16.1. The van der Waals surface area contributed by atoms with Crippen molar-refractivity contribution >= 4 is 16.9 Å². The van der Waals surface area contributed by atoms with Gasteiger partial charge in [-0.25, -0.2) is 9.61 Å². The number of anilines is 1. The lowest BCUT2D eigenvalue weighted by Gasteiger charge is -2.26.